The highest BCUT2D eigenvalue weighted by Crippen LogP contribution is 2.35. The van der Waals surface area contributed by atoms with E-state index in [1.54, 1.807) is 12.1 Å². The molecule has 1 aliphatic rings. The van der Waals surface area contributed by atoms with Gasteiger partial charge in [0.2, 0.25) is 10.0 Å². The van der Waals surface area contributed by atoms with E-state index in [-0.39, 0.29) is 20.8 Å². The zero-order chi connectivity index (χ0) is 18.9. The first kappa shape index (κ1) is 19.2. The van der Waals surface area contributed by atoms with Gasteiger partial charge >= 0.3 is 0 Å². The van der Waals surface area contributed by atoms with Crippen LogP contribution in [0.25, 0.3) is 0 Å². The first-order valence-electron chi connectivity index (χ1n) is 7.86. The van der Waals surface area contributed by atoms with Gasteiger partial charge < -0.3 is 9.64 Å². The molecular weight excluding hydrogens is 402 g/mol. The van der Waals surface area contributed by atoms with E-state index in [1.807, 2.05) is 4.90 Å². The van der Waals surface area contributed by atoms with Crippen molar-refractivity contribution in [3.63, 3.8) is 0 Å². The summed E-state index contributed by atoms with van der Waals surface area (Å²) in [6.45, 7) is 1.57. The van der Waals surface area contributed by atoms with Crippen LogP contribution in [-0.4, -0.2) is 46.0 Å². The Hall–Kier alpha value is -1.54. The van der Waals surface area contributed by atoms with Gasteiger partial charge in [-0.25, -0.2) is 12.8 Å². The zero-order valence-electron chi connectivity index (χ0n) is 14.0. The van der Waals surface area contributed by atoms with Gasteiger partial charge in [0.15, 0.2) is 0 Å². The molecule has 1 fully saturated rings. The van der Waals surface area contributed by atoms with Gasteiger partial charge in [-0.2, -0.15) is 4.31 Å². The Morgan fingerprint density at radius 2 is 1.62 bits per heavy atom. The summed E-state index contributed by atoms with van der Waals surface area (Å²) >= 11 is 12.2. The number of halogens is 3. The predicted octanol–water partition coefficient (Wildman–Crippen LogP) is 3.65. The quantitative estimate of drug-likeness (QED) is 0.759. The highest BCUT2D eigenvalue weighted by molar-refractivity contribution is 7.89. The van der Waals surface area contributed by atoms with Crippen molar-refractivity contribution >= 4 is 38.9 Å². The maximum absolute atomic E-state index is 13.0. The molecule has 1 heterocycles. The number of benzene rings is 2. The third-order valence-corrected chi connectivity index (χ3v) is 6.91. The minimum Gasteiger partial charge on any atom is -0.495 e. The summed E-state index contributed by atoms with van der Waals surface area (Å²) < 4.78 is 45.3. The molecule has 2 aromatic carbocycles. The van der Waals surface area contributed by atoms with E-state index >= 15 is 0 Å². The lowest BCUT2D eigenvalue weighted by Gasteiger charge is -2.35. The molecule has 5 nitrogen and oxygen atoms in total. The summed E-state index contributed by atoms with van der Waals surface area (Å²) in [7, 11) is -2.35. The highest BCUT2D eigenvalue weighted by Gasteiger charge is 2.31. The third kappa shape index (κ3) is 3.76. The number of anilines is 1. The molecule has 0 amide bonds. The molecule has 0 radical (unpaired) electrons. The first-order valence-corrected chi connectivity index (χ1v) is 10.1. The molecule has 0 atom stereocenters. The molecule has 0 spiro atoms. The fourth-order valence-corrected chi connectivity index (χ4v) is 5.09. The van der Waals surface area contributed by atoms with Gasteiger partial charge in [0, 0.05) is 37.9 Å². The van der Waals surface area contributed by atoms with Crippen LogP contribution < -0.4 is 9.64 Å². The van der Waals surface area contributed by atoms with Crippen LogP contribution in [-0.2, 0) is 10.0 Å². The molecule has 0 aromatic heterocycles. The molecular formula is C17H17Cl2FN2O3S. The first-order chi connectivity index (χ1) is 12.3. The molecule has 0 N–H and O–H groups in total. The van der Waals surface area contributed by atoms with Crippen LogP contribution in [0.5, 0.6) is 5.75 Å². The molecule has 0 unspecified atom stereocenters. The van der Waals surface area contributed by atoms with E-state index in [4.69, 9.17) is 27.9 Å². The topological polar surface area (TPSA) is 49.9 Å². The smallest absolute Gasteiger partial charge is 0.244 e. The van der Waals surface area contributed by atoms with E-state index in [1.165, 1.54) is 35.7 Å². The molecule has 1 aliphatic heterocycles. The van der Waals surface area contributed by atoms with Crippen LogP contribution in [0.3, 0.4) is 0 Å². The standard InChI is InChI=1S/C17H17Cl2FN2O3S/c1-25-16-10-15(19)17(11-14(16)18)26(23,24)22-8-6-21(7-9-22)13-4-2-12(20)3-5-13/h2-5,10-11H,6-9H2,1H3. The number of nitrogens with zero attached hydrogens (tertiary/aromatic N) is 2. The molecule has 1 saturated heterocycles. The number of hydrogen-bond acceptors (Lipinski definition) is 4. The molecule has 9 heteroatoms. The Morgan fingerprint density at radius 3 is 2.19 bits per heavy atom. The van der Waals surface area contributed by atoms with Gasteiger partial charge in [-0.15, -0.1) is 0 Å². The molecule has 2 aromatic rings. The zero-order valence-corrected chi connectivity index (χ0v) is 16.3. The van der Waals surface area contributed by atoms with Crippen molar-refractivity contribution in [1.29, 1.82) is 0 Å². The lowest BCUT2D eigenvalue weighted by molar-refractivity contribution is 0.384. The molecule has 0 bridgehead atoms. The average Bonchev–Trinajstić information content (AvgIpc) is 2.64. The van der Waals surface area contributed by atoms with Crippen LogP contribution in [0.2, 0.25) is 10.0 Å². The molecule has 26 heavy (non-hydrogen) atoms. The maximum Gasteiger partial charge on any atom is 0.244 e. The van der Waals surface area contributed by atoms with Crippen molar-refractivity contribution in [3.8, 4) is 5.75 Å². The second-order valence-electron chi connectivity index (χ2n) is 5.78. The molecule has 0 saturated carbocycles. The Bertz CT molecular complexity index is 899. The minimum absolute atomic E-state index is 0.0415. The average molecular weight is 419 g/mol. The van der Waals surface area contributed by atoms with Crippen molar-refractivity contribution in [1.82, 2.24) is 4.31 Å². The molecule has 140 valence electrons. The Morgan fingerprint density at radius 1 is 1.00 bits per heavy atom. The molecule has 0 aliphatic carbocycles. The number of piperazine rings is 1. The highest BCUT2D eigenvalue weighted by atomic mass is 35.5. The maximum atomic E-state index is 13.0. The monoisotopic (exact) mass is 418 g/mol. The van der Waals surface area contributed by atoms with Crippen LogP contribution >= 0.6 is 23.2 Å². The van der Waals surface area contributed by atoms with Gasteiger partial charge in [-0.3, -0.25) is 0 Å². The predicted molar refractivity (Wildman–Crippen MR) is 100 cm³/mol. The fraction of sp³-hybridized carbons (Fsp3) is 0.294. The van der Waals surface area contributed by atoms with Crippen LogP contribution in [0, 0.1) is 5.82 Å². The van der Waals surface area contributed by atoms with Gasteiger partial charge in [0.25, 0.3) is 0 Å². The summed E-state index contributed by atoms with van der Waals surface area (Å²) in [4.78, 5) is 1.97. The van der Waals surface area contributed by atoms with Crippen molar-refractivity contribution in [2.24, 2.45) is 0 Å². The second-order valence-corrected chi connectivity index (χ2v) is 8.51. The lowest BCUT2D eigenvalue weighted by Crippen LogP contribution is -2.48. The Labute approximate surface area is 161 Å². The van der Waals surface area contributed by atoms with Crippen LogP contribution in [0.15, 0.2) is 41.3 Å². The van der Waals surface area contributed by atoms with E-state index in [2.05, 4.69) is 0 Å². The Kier molecular flexibility index (Phi) is 5.62. The number of rotatable bonds is 4. The lowest BCUT2D eigenvalue weighted by atomic mass is 10.2. The van der Waals surface area contributed by atoms with Crippen LogP contribution in [0.4, 0.5) is 10.1 Å². The Balaban J connectivity index is 1.78. The van der Waals surface area contributed by atoms with Crippen molar-refractivity contribution in [2.75, 3.05) is 38.2 Å². The number of hydrogen-bond donors (Lipinski definition) is 0. The largest absolute Gasteiger partial charge is 0.495 e. The summed E-state index contributed by atoms with van der Waals surface area (Å²) in [5, 5.41) is 0.243. The summed E-state index contributed by atoms with van der Waals surface area (Å²) in [6.07, 6.45) is 0. The second kappa shape index (κ2) is 7.60. The molecule has 3 rings (SSSR count). The van der Waals surface area contributed by atoms with Gasteiger partial charge in [-0.1, -0.05) is 23.2 Å². The fourth-order valence-electron chi connectivity index (χ4n) is 2.84. The van der Waals surface area contributed by atoms with E-state index in [0.29, 0.717) is 31.9 Å². The van der Waals surface area contributed by atoms with Crippen molar-refractivity contribution in [2.45, 2.75) is 4.90 Å². The third-order valence-electron chi connectivity index (χ3n) is 4.25. The number of sulfonamides is 1. The van der Waals surface area contributed by atoms with Gasteiger partial charge in [-0.05, 0) is 30.3 Å². The van der Waals surface area contributed by atoms with Gasteiger partial charge in [0.05, 0.1) is 17.2 Å². The SMILES string of the molecule is COc1cc(Cl)c(S(=O)(=O)N2CCN(c3ccc(F)cc3)CC2)cc1Cl. The summed E-state index contributed by atoms with van der Waals surface area (Å²) in [5.74, 6) is 0.0118. The van der Waals surface area contributed by atoms with E-state index in [0.717, 1.165) is 5.69 Å². The van der Waals surface area contributed by atoms with Gasteiger partial charge in [0.1, 0.15) is 16.5 Å². The normalized spacial score (nSPS) is 15.9. The summed E-state index contributed by atoms with van der Waals surface area (Å²) in [6, 6.07) is 8.84. The number of ether oxygens (including phenoxy) is 1. The van der Waals surface area contributed by atoms with E-state index in [9.17, 15) is 12.8 Å². The van der Waals surface area contributed by atoms with E-state index < -0.39 is 10.0 Å². The van der Waals surface area contributed by atoms with Crippen molar-refractivity contribution in [3.05, 3.63) is 52.3 Å². The number of methoxy groups -OCH3 is 1. The summed E-state index contributed by atoms with van der Waals surface area (Å²) in [5.41, 5.74) is 0.856. The minimum atomic E-state index is -3.78. The van der Waals surface area contributed by atoms with Crippen molar-refractivity contribution < 1.29 is 17.5 Å². The van der Waals surface area contributed by atoms with Crippen LogP contribution in [0.1, 0.15) is 0 Å².